The second-order valence-corrected chi connectivity index (χ2v) is 19.2. The Balaban J connectivity index is 2.33. The summed E-state index contributed by atoms with van der Waals surface area (Å²) >= 11 is 0. The van der Waals surface area contributed by atoms with Crippen molar-refractivity contribution in [3.63, 3.8) is 0 Å². The molecule has 26 N–H and O–H groups in total. The Bertz CT molecular complexity index is 2300. The fourth-order valence-corrected chi connectivity index (χ4v) is 8.13. The van der Waals surface area contributed by atoms with Gasteiger partial charge in [-0.3, -0.25) is 48.6 Å². The Labute approximate surface area is 469 Å². The van der Waals surface area contributed by atoms with Gasteiger partial charge < -0.3 is 103 Å². The molecular weight excluding hydrogens is 1060 g/mol. The van der Waals surface area contributed by atoms with Gasteiger partial charge in [0.25, 0.3) is 17.7 Å². The van der Waals surface area contributed by atoms with E-state index < -0.39 is 121 Å². The van der Waals surface area contributed by atoms with Crippen molar-refractivity contribution < 1.29 is 58.2 Å². The van der Waals surface area contributed by atoms with Crippen LogP contribution in [-0.4, -0.2) is 197 Å². The molecule has 0 aromatic carbocycles. The number of aliphatic hydroxyl groups is 1. The molecule has 0 aliphatic carbocycles. The van der Waals surface area contributed by atoms with Gasteiger partial charge in [0.2, 0.25) is 35.4 Å². The molecule has 8 atom stereocenters. The summed E-state index contributed by atoms with van der Waals surface area (Å²) in [5.41, 5.74) is 39.2. The predicted molar refractivity (Wildman–Crippen MR) is 296 cm³/mol. The lowest BCUT2D eigenvalue weighted by atomic mass is 10.1. The molecule has 0 bridgehead atoms. The zero-order valence-electron chi connectivity index (χ0n) is 46.0. The number of unbranched alkanes of at least 4 members (excludes halogenated alkanes) is 3. The molecule has 0 saturated carbocycles. The second kappa shape index (κ2) is 38.2. The number of guanidine groups is 1. The van der Waals surface area contributed by atoms with Gasteiger partial charge in [-0.25, -0.2) is 14.8 Å². The van der Waals surface area contributed by atoms with Crippen molar-refractivity contribution >= 4 is 70.8 Å². The van der Waals surface area contributed by atoms with Crippen molar-refractivity contribution in [1.29, 1.82) is 5.41 Å². The number of nitrogens with zero attached hydrogens (tertiary/aromatic N) is 3. The maximum absolute atomic E-state index is 14.3. The molecule has 1 aliphatic rings. The van der Waals surface area contributed by atoms with Gasteiger partial charge in [0, 0.05) is 37.9 Å². The lowest BCUT2D eigenvalue weighted by molar-refractivity contribution is -0.141. The Morgan fingerprint density at radius 3 is 2.02 bits per heavy atom. The number of hydrogen-bond donors (Lipinski definition) is 19. The number of aliphatic hydroxyl groups excluding tert-OH is 1. The highest BCUT2D eigenvalue weighted by Gasteiger charge is 2.39. The van der Waals surface area contributed by atoms with Crippen LogP contribution in [0.25, 0.3) is 0 Å². The van der Waals surface area contributed by atoms with E-state index in [-0.39, 0.29) is 94.9 Å². The van der Waals surface area contributed by atoms with E-state index in [9.17, 15) is 58.2 Å². The Morgan fingerprint density at radius 1 is 0.790 bits per heavy atom. The molecule has 1 fully saturated rings. The first-order chi connectivity index (χ1) is 38.6. The van der Waals surface area contributed by atoms with Gasteiger partial charge in [-0.2, -0.15) is 0 Å². The third-order valence-electron chi connectivity index (χ3n) is 12.7. The molecule has 32 heteroatoms. The minimum absolute atomic E-state index is 0.000779. The van der Waals surface area contributed by atoms with Crippen LogP contribution in [-0.2, 0) is 54.4 Å². The fraction of sp³-hybridized carbons (Fsp3) is 0.653. The standard InChI is InChI=1S/C49H86N20O12/c1-28(62-46(78)39(37(70)24-54)68-41(73)30(55)11-2-5-17-50)40(72)60-26-38(71)63-33(14-8-20-53)47(79)69-22-10-16-36(69)45(77)67-35(23-29-25-58-27-61-29)44(76)65-31(12-3-6-18-51)42(74)64-32(15-9-21-59-49(56)57)43(75)66-34(48(80)81)13-4-7-19-52/h15,25,27-28,30-31,34-37,39,70H,2-14,16-24,26,50-55H2,1H3,(H,58,61)(H,60,72)(H,62,78)(H,64,74)(H,65,76)(H,66,75)(H,67,77)(H,68,73)(H,80,81)(H4,56,57,59)/b32-15-,63-33+/t28-,30-,31-,34-,35-,36-,37-,39-/m0/s1. The molecule has 32 nitrogen and oxygen atoms in total. The summed E-state index contributed by atoms with van der Waals surface area (Å²) in [7, 11) is 0. The van der Waals surface area contributed by atoms with E-state index in [1.807, 2.05) is 0 Å². The lowest BCUT2D eigenvalue weighted by Gasteiger charge is -2.28. The molecule has 1 aromatic rings. The molecular formula is C49H86N20O12. The molecule has 1 saturated heterocycles. The summed E-state index contributed by atoms with van der Waals surface area (Å²) < 4.78 is 0. The van der Waals surface area contributed by atoms with Crippen LogP contribution in [0.4, 0.5) is 0 Å². The number of nitrogens with one attached hydrogen (secondary N) is 10. The highest BCUT2D eigenvalue weighted by atomic mass is 16.4. The molecule has 2 heterocycles. The Hall–Kier alpha value is -7.49. The van der Waals surface area contributed by atoms with Gasteiger partial charge >= 0.3 is 5.97 Å². The van der Waals surface area contributed by atoms with Crippen molar-refractivity contribution in [2.75, 3.05) is 52.4 Å². The van der Waals surface area contributed by atoms with Crippen LogP contribution < -0.4 is 82.7 Å². The number of H-pyrrole nitrogens is 1. The first kappa shape index (κ1) is 69.6. The van der Waals surface area contributed by atoms with Crippen molar-refractivity contribution in [2.24, 2.45) is 45.1 Å². The number of carboxylic acids is 1. The molecule has 454 valence electrons. The van der Waals surface area contributed by atoms with Crippen molar-refractivity contribution in [2.45, 2.75) is 152 Å². The Kier molecular flexibility index (Phi) is 32.8. The molecule has 0 unspecified atom stereocenters. The molecule has 0 spiro atoms. The summed E-state index contributed by atoms with van der Waals surface area (Å²) in [5.74, 6) is -9.49. The highest BCUT2D eigenvalue weighted by Crippen LogP contribution is 2.20. The van der Waals surface area contributed by atoms with E-state index in [1.165, 1.54) is 30.4 Å². The largest absolute Gasteiger partial charge is 0.480 e. The minimum Gasteiger partial charge on any atom is -0.480 e. The Morgan fingerprint density at radius 2 is 1.43 bits per heavy atom. The number of likely N-dealkylation sites (tertiary alicyclic amines) is 1. The number of aliphatic imine (C=N–C) groups is 1. The van der Waals surface area contributed by atoms with Crippen molar-refractivity contribution in [1.82, 2.24) is 57.4 Å². The smallest absolute Gasteiger partial charge is 0.326 e. The third kappa shape index (κ3) is 25.7. The molecule has 1 aliphatic heterocycles. The van der Waals surface area contributed by atoms with Gasteiger partial charge in [0.15, 0.2) is 5.96 Å². The van der Waals surface area contributed by atoms with E-state index in [0.29, 0.717) is 63.7 Å². The van der Waals surface area contributed by atoms with Crippen LogP contribution >= 0.6 is 0 Å². The van der Waals surface area contributed by atoms with E-state index in [0.717, 1.165) is 0 Å². The third-order valence-corrected chi connectivity index (χ3v) is 12.7. The van der Waals surface area contributed by atoms with Gasteiger partial charge in [0.05, 0.1) is 25.0 Å². The molecule has 0 radical (unpaired) electrons. The summed E-state index contributed by atoms with van der Waals surface area (Å²) in [6, 6.07) is -9.21. The number of carbonyl (C=O) groups is 10. The topological polar surface area (TPSA) is 558 Å². The lowest BCUT2D eigenvalue weighted by Crippen LogP contribution is -2.60. The van der Waals surface area contributed by atoms with Crippen LogP contribution in [0.1, 0.15) is 103 Å². The summed E-state index contributed by atoms with van der Waals surface area (Å²) in [5, 5.41) is 47.6. The summed E-state index contributed by atoms with van der Waals surface area (Å²) in [6.07, 6.45) is 5.95. The van der Waals surface area contributed by atoms with Crippen LogP contribution in [0.15, 0.2) is 29.3 Å². The normalized spacial score (nSPS) is 16.0. The maximum atomic E-state index is 14.3. The first-order valence-corrected chi connectivity index (χ1v) is 27.1. The van der Waals surface area contributed by atoms with E-state index in [1.54, 1.807) is 0 Å². The number of carboxylic acid groups (broad SMARTS) is 1. The molecule has 9 amide bonds. The first-order valence-electron chi connectivity index (χ1n) is 27.1. The van der Waals surface area contributed by atoms with Crippen LogP contribution in [0.5, 0.6) is 0 Å². The zero-order chi connectivity index (χ0) is 60.4. The number of aromatic nitrogens is 2. The van der Waals surface area contributed by atoms with Gasteiger partial charge in [0.1, 0.15) is 47.7 Å². The van der Waals surface area contributed by atoms with E-state index >= 15 is 0 Å². The molecule has 1 aromatic heterocycles. The number of nitrogens with two attached hydrogens (primary N) is 7. The van der Waals surface area contributed by atoms with Crippen LogP contribution in [0.2, 0.25) is 0 Å². The van der Waals surface area contributed by atoms with Crippen molar-refractivity contribution in [3.05, 3.63) is 30.0 Å². The van der Waals surface area contributed by atoms with Gasteiger partial charge in [-0.05, 0) is 117 Å². The van der Waals surface area contributed by atoms with Gasteiger partial charge in [-0.1, -0.05) is 12.5 Å². The number of hydrogen-bond acceptors (Lipinski definition) is 19. The van der Waals surface area contributed by atoms with Crippen LogP contribution in [0.3, 0.4) is 0 Å². The quantitative estimate of drug-likeness (QED) is 0.0126. The van der Waals surface area contributed by atoms with Crippen LogP contribution in [0, 0.1) is 5.41 Å². The number of aromatic amines is 1. The fourth-order valence-electron chi connectivity index (χ4n) is 8.13. The predicted octanol–water partition coefficient (Wildman–Crippen LogP) is -6.80. The van der Waals surface area contributed by atoms with Gasteiger partial charge in [-0.15, -0.1) is 0 Å². The number of rotatable bonds is 39. The van der Waals surface area contributed by atoms with E-state index in [2.05, 4.69) is 57.5 Å². The molecule has 81 heavy (non-hydrogen) atoms. The highest BCUT2D eigenvalue weighted by molar-refractivity contribution is 6.40. The maximum Gasteiger partial charge on any atom is 0.326 e. The molecule has 2 rings (SSSR count). The zero-order valence-corrected chi connectivity index (χ0v) is 46.0. The number of imidazole rings is 1. The average Bonchev–Trinajstić information content (AvgIpc) is 4.18. The second-order valence-electron chi connectivity index (χ2n) is 19.2. The number of aliphatic carboxylic acids is 1. The minimum atomic E-state index is -1.58. The average molecular weight is 1150 g/mol. The van der Waals surface area contributed by atoms with E-state index in [4.69, 9.17) is 45.5 Å². The monoisotopic (exact) mass is 1150 g/mol. The van der Waals surface area contributed by atoms with Crippen molar-refractivity contribution in [3.8, 4) is 0 Å². The summed E-state index contributed by atoms with van der Waals surface area (Å²) in [4.78, 5) is 147. The number of amides is 9. The number of carbonyl (C=O) groups excluding carboxylic acids is 9. The SMILES string of the molecule is C[C@H](NC(=O)[C@@H](NC(=O)[C@@H](N)CCCCN)[C@@H](O)CN)C(=O)NCC(=O)/N=C(\CCCN)C(=O)N1CCC[C@H]1C(=O)N[C@@H](Cc1cnc[nH]1)C(=O)N[C@@H](CCCCN)C(=O)N/C(=C\CCNC(=N)N)C(=O)N[C@@H](CCCCN)C(=O)O. The summed E-state index contributed by atoms with van der Waals surface area (Å²) in [6.45, 7) is 1.20.